The summed E-state index contributed by atoms with van der Waals surface area (Å²) in [5, 5.41) is 5.00. The summed E-state index contributed by atoms with van der Waals surface area (Å²) in [4.78, 5) is 0. The van der Waals surface area contributed by atoms with Crippen molar-refractivity contribution < 1.29 is 8.42 Å². The summed E-state index contributed by atoms with van der Waals surface area (Å²) in [6, 6.07) is 7.14. The monoisotopic (exact) mass is 243 g/mol. The zero-order valence-electron chi connectivity index (χ0n) is 7.90. The molecule has 0 radical (unpaired) electrons. The standard InChI is InChI=1S/C10H10ClNO2S/c11-8-1-3-9(4-2-8)12-10-5-6-15(13,14)7-10/h1-4,7,12H,5-6H2. The third-order valence-corrected chi connectivity index (χ3v) is 3.80. The molecule has 3 nitrogen and oxygen atoms in total. The van der Waals surface area contributed by atoms with Gasteiger partial charge in [-0.05, 0) is 24.3 Å². The summed E-state index contributed by atoms with van der Waals surface area (Å²) in [7, 11) is -2.97. The van der Waals surface area contributed by atoms with Crippen LogP contribution in [0.4, 0.5) is 5.69 Å². The lowest BCUT2D eigenvalue weighted by atomic mass is 10.3. The molecule has 1 heterocycles. The molecule has 80 valence electrons. The lowest BCUT2D eigenvalue weighted by molar-refractivity contribution is 0.606. The molecule has 0 fully saturated rings. The van der Waals surface area contributed by atoms with Crippen molar-refractivity contribution in [2.45, 2.75) is 6.42 Å². The molecule has 0 atom stereocenters. The molecular formula is C10H10ClNO2S. The molecule has 5 heteroatoms. The SMILES string of the molecule is O=S1(=O)C=C(Nc2ccc(Cl)cc2)CC1. The van der Waals surface area contributed by atoms with Gasteiger partial charge in [0.1, 0.15) is 0 Å². The Morgan fingerprint density at radius 3 is 2.40 bits per heavy atom. The fourth-order valence-electron chi connectivity index (χ4n) is 1.40. The Morgan fingerprint density at radius 1 is 1.20 bits per heavy atom. The fraction of sp³-hybridized carbons (Fsp3) is 0.200. The molecule has 1 aromatic rings. The zero-order valence-corrected chi connectivity index (χ0v) is 9.48. The Kier molecular flexibility index (Phi) is 2.71. The molecule has 0 saturated heterocycles. The van der Waals surface area contributed by atoms with Crippen LogP contribution in [0.15, 0.2) is 35.4 Å². The van der Waals surface area contributed by atoms with Crippen molar-refractivity contribution in [1.29, 1.82) is 0 Å². The number of benzene rings is 1. The van der Waals surface area contributed by atoms with Crippen LogP contribution >= 0.6 is 11.6 Å². The van der Waals surface area contributed by atoms with Crippen LogP contribution in [-0.2, 0) is 9.84 Å². The lowest BCUT2D eigenvalue weighted by Gasteiger charge is -2.05. The minimum atomic E-state index is -2.97. The van der Waals surface area contributed by atoms with E-state index in [4.69, 9.17) is 11.6 Å². The summed E-state index contributed by atoms with van der Waals surface area (Å²) < 4.78 is 22.3. The molecule has 1 N–H and O–H groups in total. The van der Waals surface area contributed by atoms with Crippen molar-refractivity contribution in [2.24, 2.45) is 0 Å². The molecule has 1 aliphatic rings. The van der Waals surface area contributed by atoms with Gasteiger partial charge in [0, 0.05) is 28.2 Å². The molecule has 0 aromatic heterocycles. The highest BCUT2D eigenvalue weighted by Crippen LogP contribution is 2.20. The average Bonchev–Trinajstić information content (AvgIpc) is 2.50. The topological polar surface area (TPSA) is 46.2 Å². The molecule has 0 spiro atoms. The van der Waals surface area contributed by atoms with E-state index in [1.54, 1.807) is 12.1 Å². The number of hydrogen-bond donors (Lipinski definition) is 1. The van der Waals surface area contributed by atoms with Gasteiger partial charge in [-0.1, -0.05) is 11.6 Å². The van der Waals surface area contributed by atoms with Gasteiger partial charge < -0.3 is 5.32 Å². The third kappa shape index (κ3) is 2.73. The van der Waals surface area contributed by atoms with E-state index < -0.39 is 9.84 Å². The quantitative estimate of drug-likeness (QED) is 0.868. The first-order chi connectivity index (χ1) is 7.05. The van der Waals surface area contributed by atoms with E-state index in [1.165, 1.54) is 5.41 Å². The minimum absolute atomic E-state index is 0.197. The van der Waals surface area contributed by atoms with Crippen molar-refractivity contribution in [3.05, 3.63) is 40.4 Å². The van der Waals surface area contributed by atoms with E-state index in [0.29, 0.717) is 11.4 Å². The predicted octanol–water partition coefficient (Wildman–Crippen LogP) is 2.41. The van der Waals surface area contributed by atoms with Crippen LogP contribution in [0.1, 0.15) is 6.42 Å². The second-order valence-electron chi connectivity index (χ2n) is 3.39. The average molecular weight is 244 g/mol. The fourth-order valence-corrected chi connectivity index (χ4v) is 2.76. The van der Waals surface area contributed by atoms with E-state index in [9.17, 15) is 8.42 Å². The van der Waals surface area contributed by atoms with Crippen molar-refractivity contribution in [3.63, 3.8) is 0 Å². The Labute approximate surface area is 93.7 Å². The smallest absolute Gasteiger partial charge is 0.173 e. The first-order valence-corrected chi connectivity index (χ1v) is 6.60. The van der Waals surface area contributed by atoms with Gasteiger partial charge in [-0.15, -0.1) is 0 Å². The summed E-state index contributed by atoms with van der Waals surface area (Å²) in [5.41, 5.74) is 1.58. The van der Waals surface area contributed by atoms with Crippen LogP contribution in [-0.4, -0.2) is 14.2 Å². The Morgan fingerprint density at radius 2 is 1.87 bits per heavy atom. The molecule has 1 aromatic carbocycles. The normalized spacial score (nSPS) is 18.6. The van der Waals surface area contributed by atoms with Crippen molar-refractivity contribution in [2.75, 3.05) is 11.1 Å². The number of halogens is 1. The minimum Gasteiger partial charge on any atom is -0.358 e. The number of allylic oxidation sites excluding steroid dienone is 1. The maximum Gasteiger partial charge on any atom is 0.173 e. The summed E-state index contributed by atoms with van der Waals surface area (Å²) >= 11 is 5.74. The van der Waals surface area contributed by atoms with Gasteiger partial charge >= 0.3 is 0 Å². The highest BCUT2D eigenvalue weighted by atomic mass is 35.5. The molecule has 0 bridgehead atoms. The number of sulfone groups is 1. The van der Waals surface area contributed by atoms with Gasteiger partial charge in [0.25, 0.3) is 0 Å². The first kappa shape index (κ1) is 10.5. The second kappa shape index (κ2) is 3.87. The van der Waals surface area contributed by atoms with Crippen LogP contribution in [0, 0.1) is 0 Å². The summed E-state index contributed by atoms with van der Waals surface area (Å²) in [6.45, 7) is 0. The van der Waals surface area contributed by atoms with Gasteiger partial charge in [-0.3, -0.25) is 0 Å². The van der Waals surface area contributed by atoms with Crippen LogP contribution < -0.4 is 5.32 Å². The van der Waals surface area contributed by atoms with Gasteiger partial charge in [-0.25, -0.2) is 8.42 Å². The van der Waals surface area contributed by atoms with E-state index in [2.05, 4.69) is 5.32 Å². The molecule has 0 unspecified atom stereocenters. The molecule has 0 amide bonds. The van der Waals surface area contributed by atoms with Crippen LogP contribution in [0.3, 0.4) is 0 Å². The maximum absolute atomic E-state index is 11.1. The molecular weight excluding hydrogens is 234 g/mol. The highest BCUT2D eigenvalue weighted by molar-refractivity contribution is 7.94. The largest absolute Gasteiger partial charge is 0.358 e. The Bertz CT molecular complexity index is 491. The summed E-state index contributed by atoms with van der Waals surface area (Å²) in [5.74, 6) is 0.197. The van der Waals surface area contributed by atoms with Crippen LogP contribution in [0.2, 0.25) is 5.02 Å². The predicted molar refractivity (Wildman–Crippen MR) is 61.6 cm³/mol. The van der Waals surface area contributed by atoms with Gasteiger partial charge in [0.05, 0.1) is 5.75 Å². The van der Waals surface area contributed by atoms with E-state index in [0.717, 1.165) is 11.4 Å². The van der Waals surface area contributed by atoms with Crippen LogP contribution in [0.25, 0.3) is 0 Å². The Balaban J connectivity index is 2.14. The van der Waals surface area contributed by atoms with Crippen molar-refractivity contribution >= 4 is 27.1 Å². The van der Waals surface area contributed by atoms with Crippen molar-refractivity contribution in [3.8, 4) is 0 Å². The first-order valence-electron chi connectivity index (χ1n) is 4.51. The number of nitrogens with one attached hydrogen (secondary N) is 1. The van der Waals surface area contributed by atoms with E-state index >= 15 is 0 Å². The maximum atomic E-state index is 11.1. The number of hydrogen-bond acceptors (Lipinski definition) is 3. The number of anilines is 1. The molecule has 15 heavy (non-hydrogen) atoms. The zero-order chi connectivity index (χ0) is 10.9. The highest BCUT2D eigenvalue weighted by Gasteiger charge is 2.17. The van der Waals surface area contributed by atoms with Crippen LogP contribution in [0.5, 0.6) is 0 Å². The third-order valence-electron chi connectivity index (χ3n) is 2.13. The number of rotatable bonds is 2. The van der Waals surface area contributed by atoms with E-state index in [-0.39, 0.29) is 5.75 Å². The van der Waals surface area contributed by atoms with Crippen molar-refractivity contribution in [1.82, 2.24) is 0 Å². The van der Waals surface area contributed by atoms with Gasteiger partial charge in [-0.2, -0.15) is 0 Å². The summed E-state index contributed by atoms with van der Waals surface area (Å²) in [6.07, 6.45) is 0.547. The molecule has 0 aliphatic carbocycles. The lowest BCUT2D eigenvalue weighted by Crippen LogP contribution is -1.96. The van der Waals surface area contributed by atoms with Gasteiger partial charge in [0.15, 0.2) is 9.84 Å². The Hall–Kier alpha value is -1.00. The van der Waals surface area contributed by atoms with Gasteiger partial charge in [0.2, 0.25) is 0 Å². The molecule has 2 rings (SSSR count). The van der Waals surface area contributed by atoms with E-state index in [1.807, 2.05) is 12.1 Å². The molecule has 1 aliphatic heterocycles. The second-order valence-corrected chi connectivity index (χ2v) is 5.80. The molecule has 0 saturated carbocycles.